The van der Waals surface area contributed by atoms with Crippen molar-refractivity contribution in [1.29, 1.82) is 0 Å². The topological polar surface area (TPSA) is 71.6 Å². The number of hydrogen-bond donors (Lipinski definition) is 0. The van der Waals surface area contributed by atoms with Crippen LogP contribution in [0.4, 0.5) is 5.82 Å². The zero-order valence-corrected chi connectivity index (χ0v) is 14.0. The van der Waals surface area contributed by atoms with E-state index < -0.39 is 0 Å². The minimum absolute atomic E-state index is 0.299. The number of fused-ring (bicyclic) bond motifs is 3. The van der Waals surface area contributed by atoms with Gasteiger partial charge in [-0.25, -0.2) is 4.98 Å². The van der Waals surface area contributed by atoms with Crippen molar-refractivity contribution < 1.29 is 4.79 Å². The van der Waals surface area contributed by atoms with Gasteiger partial charge >= 0.3 is 0 Å². The third kappa shape index (κ3) is 2.20. The first-order chi connectivity index (χ1) is 12.2. The highest BCUT2D eigenvalue weighted by molar-refractivity contribution is 5.64. The highest BCUT2D eigenvalue weighted by Gasteiger charge is 2.39. The van der Waals surface area contributed by atoms with Gasteiger partial charge in [-0.1, -0.05) is 0 Å². The number of piperazine rings is 1. The highest BCUT2D eigenvalue weighted by Crippen LogP contribution is 2.32. The maximum Gasteiger partial charge on any atom is 0.210 e. The molecule has 0 saturated carbocycles. The van der Waals surface area contributed by atoms with Gasteiger partial charge in [-0.2, -0.15) is 14.7 Å². The molecule has 0 aromatic carbocycles. The number of hydrogen-bond acceptors (Lipinski definition) is 5. The maximum absolute atomic E-state index is 11.3. The highest BCUT2D eigenvalue weighted by atomic mass is 16.1. The van der Waals surface area contributed by atoms with E-state index in [1.807, 2.05) is 47.2 Å². The van der Waals surface area contributed by atoms with Crippen LogP contribution in [0.25, 0.3) is 16.9 Å². The summed E-state index contributed by atoms with van der Waals surface area (Å²) in [6.07, 6.45) is 8.75. The second-order valence-corrected chi connectivity index (χ2v) is 6.85. The van der Waals surface area contributed by atoms with Gasteiger partial charge in [-0.3, -0.25) is 9.48 Å². The zero-order valence-electron chi connectivity index (χ0n) is 14.0. The molecular weight excluding hydrogens is 318 g/mol. The molecule has 5 rings (SSSR count). The molecule has 0 radical (unpaired) electrons. The molecule has 8 heteroatoms. The van der Waals surface area contributed by atoms with E-state index >= 15 is 0 Å². The van der Waals surface area contributed by atoms with Crippen LogP contribution in [0.15, 0.2) is 30.7 Å². The summed E-state index contributed by atoms with van der Waals surface area (Å²) in [6.45, 7) is 1.69. The van der Waals surface area contributed by atoms with Crippen LogP contribution in [0, 0.1) is 0 Å². The molecule has 2 unspecified atom stereocenters. The molecule has 3 aromatic heterocycles. The number of aryl methyl sites for hydroxylation is 1. The van der Waals surface area contributed by atoms with Crippen LogP contribution in [0.2, 0.25) is 0 Å². The molecule has 2 fully saturated rings. The minimum Gasteiger partial charge on any atom is -0.352 e. The second-order valence-electron chi connectivity index (χ2n) is 6.85. The van der Waals surface area contributed by atoms with Gasteiger partial charge in [-0.05, 0) is 18.9 Å². The molecule has 2 atom stereocenters. The van der Waals surface area contributed by atoms with E-state index in [2.05, 4.69) is 15.0 Å². The third-order valence-electron chi connectivity index (χ3n) is 5.32. The van der Waals surface area contributed by atoms with Crippen molar-refractivity contribution in [1.82, 2.24) is 29.3 Å². The lowest BCUT2D eigenvalue weighted by Gasteiger charge is -2.39. The Kier molecular flexibility index (Phi) is 3.06. The molecule has 0 N–H and O–H groups in total. The van der Waals surface area contributed by atoms with Crippen molar-refractivity contribution in [2.45, 2.75) is 24.9 Å². The second kappa shape index (κ2) is 5.30. The standard InChI is InChI=1S/C17H19N7O/c1-21-8-12(7-19-21)15-6-16-18-5-4-17(24(16)20-15)22-9-13-2-3-14(10-22)23(13)11-25/h4-8,11,13-14H,2-3,9-10H2,1H3. The molecule has 0 spiro atoms. The van der Waals surface area contributed by atoms with Crippen molar-refractivity contribution in [2.24, 2.45) is 7.05 Å². The van der Waals surface area contributed by atoms with Crippen LogP contribution in [0.1, 0.15) is 12.8 Å². The van der Waals surface area contributed by atoms with E-state index in [9.17, 15) is 4.79 Å². The largest absolute Gasteiger partial charge is 0.352 e. The molecule has 1 amide bonds. The molecule has 2 saturated heterocycles. The lowest BCUT2D eigenvalue weighted by atomic mass is 10.2. The molecule has 0 aliphatic carbocycles. The predicted molar refractivity (Wildman–Crippen MR) is 92.1 cm³/mol. The Morgan fingerprint density at radius 1 is 1.24 bits per heavy atom. The first kappa shape index (κ1) is 14.4. The SMILES string of the molecule is Cn1cc(-c2cc3nccc(N4CC5CCC(C4)N5C=O)n3n2)cn1. The lowest BCUT2D eigenvalue weighted by Crippen LogP contribution is -2.53. The fraction of sp³-hybridized carbons (Fsp3) is 0.412. The van der Waals surface area contributed by atoms with Gasteiger partial charge in [0, 0.05) is 56.2 Å². The van der Waals surface area contributed by atoms with Crippen LogP contribution in [0.5, 0.6) is 0 Å². The van der Waals surface area contributed by atoms with Crippen molar-refractivity contribution in [2.75, 3.05) is 18.0 Å². The van der Waals surface area contributed by atoms with E-state index in [0.717, 1.165) is 55.1 Å². The summed E-state index contributed by atoms with van der Waals surface area (Å²) in [5.41, 5.74) is 2.66. The van der Waals surface area contributed by atoms with Gasteiger partial charge in [0.25, 0.3) is 0 Å². The fourth-order valence-corrected chi connectivity index (χ4v) is 4.11. The van der Waals surface area contributed by atoms with E-state index in [4.69, 9.17) is 5.10 Å². The van der Waals surface area contributed by atoms with Crippen LogP contribution in [0.3, 0.4) is 0 Å². The molecule has 8 nitrogen and oxygen atoms in total. The Hall–Kier alpha value is -2.90. The molecule has 2 aliphatic rings. The third-order valence-corrected chi connectivity index (χ3v) is 5.32. The molecular formula is C17H19N7O. The van der Waals surface area contributed by atoms with Crippen LogP contribution >= 0.6 is 0 Å². The quantitative estimate of drug-likeness (QED) is 0.665. The molecule has 5 heterocycles. The van der Waals surface area contributed by atoms with Crippen LogP contribution < -0.4 is 4.90 Å². The summed E-state index contributed by atoms with van der Waals surface area (Å²) >= 11 is 0. The Bertz CT molecular complexity index is 932. The first-order valence-corrected chi connectivity index (χ1v) is 8.54. The van der Waals surface area contributed by atoms with E-state index in [-0.39, 0.29) is 0 Å². The van der Waals surface area contributed by atoms with Gasteiger partial charge in [0.2, 0.25) is 6.41 Å². The van der Waals surface area contributed by atoms with E-state index in [0.29, 0.717) is 12.1 Å². The fourth-order valence-electron chi connectivity index (χ4n) is 4.11. The van der Waals surface area contributed by atoms with E-state index in [1.165, 1.54) is 0 Å². The minimum atomic E-state index is 0.299. The Morgan fingerprint density at radius 2 is 2.04 bits per heavy atom. The average molecular weight is 337 g/mol. The van der Waals surface area contributed by atoms with Crippen molar-refractivity contribution >= 4 is 17.9 Å². The molecule has 2 aliphatic heterocycles. The average Bonchev–Trinajstić information content (AvgIpc) is 3.29. The first-order valence-electron chi connectivity index (χ1n) is 8.54. The number of rotatable bonds is 3. The molecule has 3 aromatic rings. The predicted octanol–water partition coefficient (Wildman–Crippen LogP) is 0.939. The summed E-state index contributed by atoms with van der Waals surface area (Å²) in [6, 6.07) is 4.58. The van der Waals surface area contributed by atoms with E-state index in [1.54, 1.807) is 4.68 Å². The summed E-state index contributed by atoms with van der Waals surface area (Å²) in [5.74, 6) is 1.03. The van der Waals surface area contributed by atoms with Crippen LogP contribution in [-0.2, 0) is 11.8 Å². The molecule has 128 valence electrons. The van der Waals surface area contributed by atoms with Crippen molar-refractivity contribution in [3.8, 4) is 11.3 Å². The number of amides is 1. The van der Waals surface area contributed by atoms with Crippen molar-refractivity contribution in [3.63, 3.8) is 0 Å². The summed E-state index contributed by atoms with van der Waals surface area (Å²) in [7, 11) is 1.89. The molecule has 2 bridgehead atoms. The smallest absolute Gasteiger partial charge is 0.210 e. The lowest BCUT2D eigenvalue weighted by molar-refractivity contribution is -0.121. The van der Waals surface area contributed by atoms with Crippen molar-refractivity contribution in [3.05, 3.63) is 30.7 Å². The number of aromatic nitrogens is 5. The van der Waals surface area contributed by atoms with Gasteiger partial charge < -0.3 is 9.80 Å². The Morgan fingerprint density at radius 3 is 2.72 bits per heavy atom. The number of carbonyl (C=O) groups is 1. The maximum atomic E-state index is 11.3. The van der Waals surface area contributed by atoms with Gasteiger partial charge in [-0.15, -0.1) is 0 Å². The summed E-state index contributed by atoms with van der Waals surface area (Å²) < 4.78 is 3.67. The zero-order chi connectivity index (χ0) is 17.0. The van der Waals surface area contributed by atoms with Gasteiger partial charge in [0.1, 0.15) is 5.82 Å². The summed E-state index contributed by atoms with van der Waals surface area (Å²) in [5, 5.41) is 8.98. The number of carbonyl (C=O) groups excluding carboxylic acids is 1. The monoisotopic (exact) mass is 337 g/mol. The number of nitrogens with zero attached hydrogens (tertiary/aromatic N) is 7. The van der Waals surface area contributed by atoms with Gasteiger partial charge in [0.15, 0.2) is 5.65 Å². The number of anilines is 1. The summed E-state index contributed by atoms with van der Waals surface area (Å²) in [4.78, 5) is 20.1. The Labute approximate surface area is 144 Å². The van der Waals surface area contributed by atoms with Gasteiger partial charge in [0.05, 0.1) is 11.9 Å². The molecule has 25 heavy (non-hydrogen) atoms. The Balaban J connectivity index is 1.54. The normalized spacial score (nSPS) is 22.8. The van der Waals surface area contributed by atoms with Crippen LogP contribution in [-0.4, -0.2) is 60.9 Å².